The van der Waals surface area contributed by atoms with Crippen LogP contribution in [0.2, 0.25) is 0 Å². The molecular formula is C12H27NO. The first-order chi connectivity index (χ1) is 6.81. The van der Waals surface area contributed by atoms with Gasteiger partial charge in [-0.2, -0.15) is 0 Å². The Kier molecular flexibility index (Phi) is 10.9. The molecule has 0 heterocycles. The molecule has 0 bridgehead atoms. The first-order valence-electron chi connectivity index (χ1n) is 6.15. The number of nitrogens with one attached hydrogen (secondary N) is 1. The predicted molar refractivity (Wildman–Crippen MR) is 62.5 cm³/mol. The van der Waals surface area contributed by atoms with E-state index in [2.05, 4.69) is 19.2 Å². The molecular weight excluding hydrogens is 174 g/mol. The highest BCUT2D eigenvalue weighted by Crippen LogP contribution is 2.04. The first-order valence-corrected chi connectivity index (χ1v) is 6.15. The summed E-state index contributed by atoms with van der Waals surface area (Å²) < 4.78 is 0. The standard InChI is InChI=1S/C12H27NO/c1-3-4-5-6-7-8-10-13-12(2)9-11-14/h12-14H,3-11H2,1-2H3. The van der Waals surface area contributed by atoms with E-state index in [9.17, 15) is 0 Å². The molecule has 0 aromatic rings. The fraction of sp³-hybridized carbons (Fsp3) is 1.00. The van der Waals surface area contributed by atoms with Crippen molar-refractivity contribution in [1.82, 2.24) is 5.32 Å². The van der Waals surface area contributed by atoms with E-state index in [-0.39, 0.29) is 0 Å². The van der Waals surface area contributed by atoms with Gasteiger partial charge in [-0.15, -0.1) is 0 Å². The van der Waals surface area contributed by atoms with Crippen molar-refractivity contribution in [3.8, 4) is 0 Å². The second kappa shape index (κ2) is 11.0. The summed E-state index contributed by atoms with van der Waals surface area (Å²) in [6.07, 6.45) is 8.97. The lowest BCUT2D eigenvalue weighted by molar-refractivity contribution is 0.269. The molecule has 0 aliphatic carbocycles. The molecule has 0 radical (unpaired) electrons. The second-order valence-corrected chi connectivity index (χ2v) is 4.14. The quantitative estimate of drug-likeness (QED) is 0.533. The largest absolute Gasteiger partial charge is 0.396 e. The molecule has 14 heavy (non-hydrogen) atoms. The second-order valence-electron chi connectivity index (χ2n) is 4.14. The number of unbranched alkanes of at least 4 members (excludes halogenated alkanes) is 5. The van der Waals surface area contributed by atoms with Gasteiger partial charge in [0.1, 0.15) is 0 Å². The van der Waals surface area contributed by atoms with Crippen LogP contribution >= 0.6 is 0 Å². The van der Waals surface area contributed by atoms with Crippen LogP contribution < -0.4 is 5.32 Å². The normalized spacial score (nSPS) is 13.1. The molecule has 86 valence electrons. The summed E-state index contributed by atoms with van der Waals surface area (Å²) in [6.45, 7) is 5.78. The number of aliphatic hydroxyl groups is 1. The van der Waals surface area contributed by atoms with Crippen LogP contribution in [-0.2, 0) is 0 Å². The molecule has 0 aliphatic rings. The molecule has 1 unspecified atom stereocenters. The van der Waals surface area contributed by atoms with Gasteiger partial charge in [-0.1, -0.05) is 39.0 Å². The lowest BCUT2D eigenvalue weighted by Crippen LogP contribution is -2.27. The molecule has 0 amide bonds. The number of hydrogen-bond donors (Lipinski definition) is 2. The topological polar surface area (TPSA) is 32.3 Å². The summed E-state index contributed by atoms with van der Waals surface area (Å²) >= 11 is 0. The van der Waals surface area contributed by atoms with Crippen molar-refractivity contribution in [3.05, 3.63) is 0 Å². The maximum Gasteiger partial charge on any atom is 0.0445 e. The van der Waals surface area contributed by atoms with E-state index in [4.69, 9.17) is 5.11 Å². The minimum Gasteiger partial charge on any atom is -0.396 e. The van der Waals surface area contributed by atoms with E-state index in [0.717, 1.165) is 13.0 Å². The summed E-state index contributed by atoms with van der Waals surface area (Å²) in [5.74, 6) is 0. The summed E-state index contributed by atoms with van der Waals surface area (Å²) in [7, 11) is 0. The first kappa shape index (κ1) is 13.9. The predicted octanol–water partition coefficient (Wildman–Crippen LogP) is 2.71. The van der Waals surface area contributed by atoms with E-state index in [1.54, 1.807) is 0 Å². The Balaban J connectivity index is 2.98. The fourth-order valence-corrected chi connectivity index (χ4v) is 1.55. The maximum atomic E-state index is 8.70. The third-order valence-corrected chi connectivity index (χ3v) is 2.59. The minimum absolute atomic E-state index is 0.296. The Hall–Kier alpha value is -0.0800. The summed E-state index contributed by atoms with van der Waals surface area (Å²) in [6, 6.07) is 0.468. The van der Waals surface area contributed by atoms with Crippen LogP contribution in [0.15, 0.2) is 0 Å². The molecule has 1 atom stereocenters. The van der Waals surface area contributed by atoms with Crippen LogP contribution in [0.4, 0.5) is 0 Å². The summed E-state index contributed by atoms with van der Waals surface area (Å²) in [5.41, 5.74) is 0. The van der Waals surface area contributed by atoms with Crippen molar-refractivity contribution >= 4 is 0 Å². The SMILES string of the molecule is CCCCCCCCNC(C)CCO. The van der Waals surface area contributed by atoms with Crippen molar-refractivity contribution in [1.29, 1.82) is 0 Å². The highest BCUT2D eigenvalue weighted by molar-refractivity contribution is 4.59. The van der Waals surface area contributed by atoms with E-state index in [1.165, 1.54) is 38.5 Å². The zero-order valence-corrected chi connectivity index (χ0v) is 9.89. The average Bonchev–Trinajstić information content (AvgIpc) is 2.17. The van der Waals surface area contributed by atoms with Crippen LogP contribution in [0.25, 0.3) is 0 Å². The average molecular weight is 201 g/mol. The zero-order valence-electron chi connectivity index (χ0n) is 9.89. The number of aliphatic hydroxyl groups excluding tert-OH is 1. The van der Waals surface area contributed by atoms with E-state index >= 15 is 0 Å². The molecule has 2 N–H and O–H groups in total. The van der Waals surface area contributed by atoms with Crippen molar-refractivity contribution in [2.75, 3.05) is 13.2 Å². The van der Waals surface area contributed by atoms with Gasteiger partial charge in [-0.05, 0) is 26.3 Å². The van der Waals surface area contributed by atoms with Gasteiger partial charge in [-0.25, -0.2) is 0 Å². The zero-order chi connectivity index (χ0) is 10.6. The molecule has 0 aromatic carbocycles. The summed E-state index contributed by atoms with van der Waals surface area (Å²) in [5, 5.41) is 12.1. The lowest BCUT2D eigenvalue weighted by atomic mass is 10.1. The van der Waals surface area contributed by atoms with Crippen LogP contribution in [-0.4, -0.2) is 24.3 Å². The molecule has 2 nitrogen and oxygen atoms in total. The Morgan fingerprint density at radius 2 is 1.71 bits per heavy atom. The molecule has 0 saturated carbocycles. The molecule has 0 rings (SSSR count). The van der Waals surface area contributed by atoms with Gasteiger partial charge >= 0.3 is 0 Å². The van der Waals surface area contributed by atoms with Gasteiger partial charge in [-0.3, -0.25) is 0 Å². The lowest BCUT2D eigenvalue weighted by Gasteiger charge is -2.11. The smallest absolute Gasteiger partial charge is 0.0445 e. The Morgan fingerprint density at radius 1 is 1.07 bits per heavy atom. The van der Waals surface area contributed by atoms with Crippen LogP contribution in [0.5, 0.6) is 0 Å². The Morgan fingerprint density at radius 3 is 2.36 bits per heavy atom. The molecule has 0 saturated heterocycles. The summed E-state index contributed by atoms with van der Waals surface area (Å²) in [4.78, 5) is 0. The van der Waals surface area contributed by atoms with Gasteiger partial charge in [0, 0.05) is 12.6 Å². The Bertz CT molecular complexity index is 106. The molecule has 0 spiro atoms. The third-order valence-electron chi connectivity index (χ3n) is 2.59. The number of hydrogen-bond acceptors (Lipinski definition) is 2. The van der Waals surface area contributed by atoms with Crippen LogP contribution in [0, 0.1) is 0 Å². The monoisotopic (exact) mass is 201 g/mol. The van der Waals surface area contributed by atoms with E-state index in [1.807, 2.05) is 0 Å². The van der Waals surface area contributed by atoms with Crippen molar-refractivity contribution < 1.29 is 5.11 Å². The Labute approximate surface area is 89.1 Å². The van der Waals surface area contributed by atoms with Crippen molar-refractivity contribution in [2.24, 2.45) is 0 Å². The van der Waals surface area contributed by atoms with Gasteiger partial charge in [0.15, 0.2) is 0 Å². The van der Waals surface area contributed by atoms with Gasteiger partial charge in [0.25, 0.3) is 0 Å². The fourth-order valence-electron chi connectivity index (χ4n) is 1.55. The van der Waals surface area contributed by atoms with Gasteiger partial charge in [0.05, 0.1) is 0 Å². The van der Waals surface area contributed by atoms with Crippen LogP contribution in [0.3, 0.4) is 0 Å². The molecule has 0 fully saturated rings. The highest BCUT2D eigenvalue weighted by Gasteiger charge is 1.98. The molecule has 0 aliphatic heterocycles. The van der Waals surface area contributed by atoms with E-state index in [0.29, 0.717) is 12.6 Å². The number of rotatable bonds is 10. The van der Waals surface area contributed by atoms with Gasteiger partial charge in [0.2, 0.25) is 0 Å². The van der Waals surface area contributed by atoms with E-state index < -0.39 is 0 Å². The van der Waals surface area contributed by atoms with Gasteiger partial charge < -0.3 is 10.4 Å². The third kappa shape index (κ3) is 10.0. The molecule has 2 heteroatoms. The van der Waals surface area contributed by atoms with Crippen LogP contribution in [0.1, 0.15) is 58.8 Å². The highest BCUT2D eigenvalue weighted by atomic mass is 16.3. The molecule has 0 aromatic heterocycles. The van der Waals surface area contributed by atoms with Crippen molar-refractivity contribution in [2.45, 2.75) is 64.8 Å². The minimum atomic E-state index is 0.296. The van der Waals surface area contributed by atoms with Crippen molar-refractivity contribution in [3.63, 3.8) is 0 Å². The maximum absolute atomic E-state index is 8.70.